The number of hydrogen-bond donors (Lipinski definition) is 2. The van der Waals surface area contributed by atoms with Crippen molar-refractivity contribution in [2.75, 3.05) is 5.84 Å². The van der Waals surface area contributed by atoms with Crippen molar-refractivity contribution in [3.8, 4) is 0 Å². The molecule has 1 amide bonds. The summed E-state index contributed by atoms with van der Waals surface area (Å²) in [6.45, 7) is 0. The molecule has 0 spiro atoms. The predicted octanol–water partition coefficient (Wildman–Crippen LogP) is 2.83. The van der Waals surface area contributed by atoms with Gasteiger partial charge in [-0.1, -0.05) is 60.3 Å². The van der Waals surface area contributed by atoms with E-state index in [2.05, 4.69) is 15.5 Å². The summed E-state index contributed by atoms with van der Waals surface area (Å²) < 4.78 is 15.3. The summed E-state index contributed by atoms with van der Waals surface area (Å²) >= 11 is 1.24. The number of nitrogens with one attached hydrogen (secondary N) is 1. The Morgan fingerprint density at radius 2 is 1.89 bits per heavy atom. The fourth-order valence-electron chi connectivity index (χ4n) is 2.83. The predicted molar refractivity (Wildman–Crippen MR) is 106 cm³/mol. The van der Waals surface area contributed by atoms with Crippen LogP contribution in [-0.2, 0) is 11.2 Å². The number of rotatable bonds is 7. The van der Waals surface area contributed by atoms with E-state index in [1.165, 1.54) is 22.5 Å². The van der Waals surface area contributed by atoms with E-state index in [0.29, 0.717) is 16.5 Å². The number of aromatic nitrogens is 3. The molecule has 1 aromatic heterocycles. The van der Waals surface area contributed by atoms with Crippen LogP contribution < -0.4 is 11.2 Å². The van der Waals surface area contributed by atoms with Crippen molar-refractivity contribution in [2.24, 2.45) is 0 Å². The molecule has 0 bridgehead atoms. The molecule has 0 radical (unpaired) electrons. The Hall–Kier alpha value is -2.87. The van der Waals surface area contributed by atoms with Crippen LogP contribution >= 0.6 is 11.8 Å². The molecule has 1 aliphatic carbocycles. The van der Waals surface area contributed by atoms with Gasteiger partial charge < -0.3 is 11.2 Å². The van der Waals surface area contributed by atoms with Crippen LogP contribution in [0.3, 0.4) is 0 Å². The molecular weight excluding hydrogens is 377 g/mol. The summed E-state index contributed by atoms with van der Waals surface area (Å²) in [5.74, 6) is 6.20. The van der Waals surface area contributed by atoms with Gasteiger partial charge in [-0.05, 0) is 30.0 Å². The van der Waals surface area contributed by atoms with Gasteiger partial charge in [0.15, 0.2) is 5.82 Å². The summed E-state index contributed by atoms with van der Waals surface area (Å²) in [6.07, 6.45) is 2.25. The van der Waals surface area contributed by atoms with Crippen LogP contribution in [0.4, 0.5) is 4.39 Å². The molecule has 1 atom stereocenters. The van der Waals surface area contributed by atoms with Crippen molar-refractivity contribution < 1.29 is 9.18 Å². The first kappa shape index (κ1) is 18.5. The van der Waals surface area contributed by atoms with Crippen molar-refractivity contribution in [3.05, 3.63) is 77.4 Å². The number of carbonyl (C=O) groups is 1. The van der Waals surface area contributed by atoms with Gasteiger partial charge in [-0.2, -0.15) is 0 Å². The molecule has 0 saturated heterocycles. The zero-order valence-corrected chi connectivity index (χ0v) is 15.9. The molecular formula is C20H20FN5OS. The lowest BCUT2D eigenvalue weighted by Gasteiger charge is -2.16. The summed E-state index contributed by atoms with van der Waals surface area (Å²) in [5, 5.41) is 11.2. The molecule has 1 aliphatic rings. The van der Waals surface area contributed by atoms with E-state index in [1.54, 1.807) is 18.2 Å². The van der Waals surface area contributed by atoms with E-state index in [-0.39, 0.29) is 24.2 Å². The van der Waals surface area contributed by atoms with Crippen molar-refractivity contribution in [2.45, 2.75) is 35.7 Å². The van der Waals surface area contributed by atoms with Crippen LogP contribution in [-0.4, -0.2) is 26.8 Å². The topological polar surface area (TPSA) is 85.8 Å². The molecule has 8 heteroatoms. The monoisotopic (exact) mass is 397 g/mol. The first-order valence-corrected chi connectivity index (χ1v) is 9.94. The van der Waals surface area contributed by atoms with Crippen LogP contribution in [0.5, 0.6) is 0 Å². The molecule has 144 valence electrons. The second kappa shape index (κ2) is 8.02. The molecule has 1 saturated carbocycles. The first-order chi connectivity index (χ1) is 13.6. The van der Waals surface area contributed by atoms with Gasteiger partial charge in [0.25, 0.3) is 0 Å². The van der Waals surface area contributed by atoms with Gasteiger partial charge in [0.05, 0.1) is 0 Å². The number of halogens is 1. The number of thioether (sulfide) groups is 1. The number of benzene rings is 2. The largest absolute Gasteiger partial charge is 0.352 e. The Kier molecular flexibility index (Phi) is 5.29. The third-order valence-corrected chi connectivity index (χ3v) is 5.74. The number of hydrogen-bond acceptors (Lipinski definition) is 5. The quantitative estimate of drug-likeness (QED) is 0.473. The zero-order valence-electron chi connectivity index (χ0n) is 15.1. The van der Waals surface area contributed by atoms with Crippen LogP contribution in [0.25, 0.3) is 0 Å². The van der Waals surface area contributed by atoms with Crippen LogP contribution in [0.1, 0.15) is 35.0 Å². The molecule has 28 heavy (non-hydrogen) atoms. The fourth-order valence-corrected chi connectivity index (χ4v) is 3.82. The van der Waals surface area contributed by atoms with E-state index >= 15 is 0 Å². The Balaban J connectivity index is 1.56. The SMILES string of the molecule is Nn1c(Cc2ccccc2F)nnc1S[C@@H](C(=O)NC1CC1)c1ccccc1. The standard InChI is InChI=1S/C20H20FN5OS/c21-16-9-5-4-8-14(16)12-17-24-25-20(26(17)22)28-18(13-6-2-1-3-7-13)19(27)23-15-10-11-15/h1-9,15,18H,10-12,22H2,(H,23,27)/t18-/m1/s1. The number of nitrogen functional groups attached to an aromatic ring is 1. The minimum absolute atomic E-state index is 0.0719. The molecule has 4 rings (SSSR count). The van der Waals surface area contributed by atoms with Crippen LogP contribution in [0.15, 0.2) is 59.8 Å². The lowest BCUT2D eigenvalue weighted by Crippen LogP contribution is -2.30. The van der Waals surface area contributed by atoms with Crippen LogP contribution in [0, 0.1) is 5.82 Å². The molecule has 3 N–H and O–H groups in total. The summed E-state index contributed by atoms with van der Waals surface area (Å²) in [4.78, 5) is 12.8. The first-order valence-electron chi connectivity index (χ1n) is 9.06. The molecule has 0 aliphatic heterocycles. The van der Waals surface area contributed by atoms with E-state index in [1.807, 2.05) is 30.3 Å². The Morgan fingerprint density at radius 3 is 2.61 bits per heavy atom. The van der Waals surface area contributed by atoms with E-state index in [9.17, 15) is 9.18 Å². The number of nitrogens with two attached hydrogens (primary N) is 1. The van der Waals surface area contributed by atoms with Gasteiger partial charge >= 0.3 is 0 Å². The second-order valence-corrected chi connectivity index (χ2v) is 7.80. The molecule has 0 unspecified atom stereocenters. The zero-order chi connectivity index (χ0) is 19.5. The third-order valence-electron chi connectivity index (χ3n) is 4.53. The Labute approximate surface area is 166 Å². The Morgan fingerprint density at radius 1 is 1.18 bits per heavy atom. The maximum Gasteiger partial charge on any atom is 0.238 e. The minimum atomic E-state index is -0.491. The van der Waals surface area contributed by atoms with E-state index in [0.717, 1.165) is 18.4 Å². The van der Waals surface area contributed by atoms with Crippen molar-refractivity contribution in [1.29, 1.82) is 0 Å². The summed E-state index contributed by atoms with van der Waals surface area (Å²) in [5.41, 5.74) is 1.36. The maximum atomic E-state index is 13.9. The lowest BCUT2D eigenvalue weighted by molar-refractivity contribution is -0.120. The highest BCUT2D eigenvalue weighted by atomic mass is 32.2. The normalized spacial score (nSPS) is 14.6. The van der Waals surface area contributed by atoms with E-state index < -0.39 is 5.25 Å². The highest BCUT2D eigenvalue weighted by Crippen LogP contribution is 2.35. The number of nitrogens with zero attached hydrogens (tertiary/aromatic N) is 3. The van der Waals surface area contributed by atoms with Gasteiger partial charge in [0.1, 0.15) is 11.1 Å². The molecule has 3 aromatic rings. The van der Waals surface area contributed by atoms with Gasteiger partial charge in [0.2, 0.25) is 11.1 Å². The summed E-state index contributed by atoms with van der Waals surface area (Å²) in [6, 6.07) is 16.2. The number of amides is 1. The van der Waals surface area contributed by atoms with Crippen molar-refractivity contribution in [1.82, 2.24) is 20.2 Å². The second-order valence-electron chi connectivity index (χ2n) is 6.73. The summed E-state index contributed by atoms with van der Waals surface area (Å²) in [7, 11) is 0. The average Bonchev–Trinajstić information content (AvgIpc) is 3.46. The average molecular weight is 397 g/mol. The molecule has 1 heterocycles. The van der Waals surface area contributed by atoms with Crippen LogP contribution in [0.2, 0.25) is 0 Å². The molecule has 2 aromatic carbocycles. The van der Waals surface area contributed by atoms with Gasteiger partial charge in [0, 0.05) is 12.5 Å². The van der Waals surface area contributed by atoms with Gasteiger partial charge in [-0.25, -0.2) is 9.07 Å². The maximum absolute atomic E-state index is 13.9. The highest BCUT2D eigenvalue weighted by molar-refractivity contribution is 8.00. The highest BCUT2D eigenvalue weighted by Gasteiger charge is 2.30. The molecule has 1 fully saturated rings. The smallest absolute Gasteiger partial charge is 0.238 e. The lowest BCUT2D eigenvalue weighted by atomic mass is 10.1. The fraction of sp³-hybridized carbons (Fsp3) is 0.250. The van der Waals surface area contributed by atoms with E-state index in [4.69, 9.17) is 5.84 Å². The number of carbonyl (C=O) groups excluding carboxylic acids is 1. The Bertz CT molecular complexity index is 974. The van der Waals surface area contributed by atoms with Gasteiger partial charge in [-0.15, -0.1) is 10.2 Å². The minimum Gasteiger partial charge on any atom is -0.352 e. The van der Waals surface area contributed by atoms with Crippen molar-refractivity contribution >= 4 is 17.7 Å². The third kappa shape index (κ3) is 4.17. The molecule has 6 nitrogen and oxygen atoms in total. The van der Waals surface area contributed by atoms with Crippen molar-refractivity contribution in [3.63, 3.8) is 0 Å². The van der Waals surface area contributed by atoms with Gasteiger partial charge in [-0.3, -0.25) is 4.79 Å².